The fraction of sp³-hybridized carbons (Fsp3) is 0.182. The van der Waals surface area contributed by atoms with Gasteiger partial charge in [-0.05, 0) is 23.8 Å². The Bertz CT molecular complexity index is 371. The first-order chi connectivity index (χ1) is 7.17. The Morgan fingerprint density at radius 1 is 1.47 bits per heavy atom. The number of rotatable bonds is 3. The lowest BCUT2D eigenvalue weighted by atomic mass is 10.1. The molecule has 4 heteroatoms. The number of hydrogen-bond acceptors (Lipinski definition) is 3. The maximum Gasteiger partial charge on any atom is 0.335 e. The summed E-state index contributed by atoms with van der Waals surface area (Å²) in [5.74, 6) is -0.790. The molecule has 0 saturated heterocycles. The molecule has 3 nitrogen and oxygen atoms in total. The summed E-state index contributed by atoms with van der Waals surface area (Å²) < 4.78 is 17.1. The summed E-state index contributed by atoms with van der Waals surface area (Å²) in [6.45, 7) is 0.0874. The minimum atomic E-state index is -0.471. The Morgan fingerprint density at radius 3 is 2.53 bits per heavy atom. The van der Waals surface area contributed by atoms with Crippen LogP contribution < -0.4 is 5.73 Å². The van der Waals surface area contributed by atoms with Crippen LogP contribution in [0.4, 0.5) is 4.39 Å². The lowest BCUT2D eigenvalue weighted by Crippen LogP contribution is -2.13. The largest absolute Gasteiger partial charge is 0.466 e. The van der Waals surface area contributed by atoms with Gasteiger partial charge in [0.1, 0.15) is 5.82 Å². The monoisotopic (exact) mass is 209 g/mol. The number of carbonyl (C=O) groups excluding carboxylic acids is 1. The molecule has 0 aliphatic heterocycles. The average Bonchev–Trinajstić information content (AvgIpc) is 2.27. The number of esters is 1. The van der Waals surface area contributed by atoms with Crippen molar-refractivity contribution in [3.63, 3.8) is 0 Å². The van der Waals surface area contributed by atoms with Crippen LogP contribution >= 0.6 is 0 Å². The van der Waals surface area contributed by atoms with Gasteiger partial charge in [0.2, 0.25) is 0 Å². The molecule has 0 saturated carbocycles. The molecule has 0 bridgehead atoms. The molecule has 1 aromatic rings. The van der Waals surface area contributed by atoms with E-state index >= 15 is 0 Å². The highest BCUT2D eigenvalue weighted by molar-refractivity contribution is 5.94. The summed E-state index contributed by atoms with van der Waals surface area (Å²) >= 11 is 0. The molecule has 0 amide bonds. The summed E-state index contributed by atoms with van der Waals surface area (Å²) in [4.78, 5) is 11.2. The molecule has 0 aliphatic rings. The van der Waals surface area contributed by atoms with Gasteiger partial charge in [-0.3, -0.25) is 0 Å². The van der Waals surface area contributed by atoms with E-state index in [0.717, 1.165) is 0 Å². The van der Waals surface area contributed by atoms with Crippen LogP contribution in [0.3, 0.4) is 0 Å². The van der Waals surface area contributed by atoms with Crippen LogP contribution in [0.5, 0.6) is 0 Å². The zero-order chi connectivity index (χ0) is 11.3. The van der Waals surface area contributed by atoms with Crippen molar-refractivity contribution in [2.24, 2.45) is 5.73 Å². The van der Waals surface area contributed by atoms with Gasteiger partial charge in [-0.15, -0.1) is 0 Å². The predicted octanol–water partition coefficient (Wildman–Crippen LogP) is 1.34. The highest BCUT2D eigenvalue weighted by atomic mass is 19.1. The van der Waals surface area contributed by atoms with Crippen LogP contribution in [0.15, 0.2) is 29.8 Å². The number of hydrogen-bond donors (Lipinski definition) is 1. The Hall–Kier alpha value is -1.68. The van der Waals surface area contributed by atoms with Crippen molar-refractivity contribution in [1.82, 2.24) is 0 Å². The van der Waals surface area contributed by atoms with Gasteiger partial charge < -0.3 is 10.5 Å². The molecule has 0 heterocycles. The first kappa shape index (κ1) is 11.4. The molecule has 80 valence electrons. The van der Waals surface area contributed by atoms with E-state index in [-0.39, 0.29) is 12.4 Å². The van der Waals surface area contributed by atoms with Crippen LogP contribution in [0, 0.1) is 5.82 Å². The van der Waals surface area contributed by atoms with Gasteiger partial charge >= 0.3 is 5.97 Å². The molecular weight excluding hydrogens is 197 g/mol. The van der Waals surface area contributed by atoms with Gasteiger partial charge in [0.15, 0.2) is 0 Å². The third-order valence-electron chi connectivity index (χ3n) is 1.88. The quantitative estimate of drug-likeness (QED) is 0.603. The maximum atomic E-state index is 12.6. The van der Waals surface area contributed by atoms with E-state index in [1.807, 2.05) is 0 Å². The summed E-state index contributed by atoms with van der Waals surface area (Å²) in [5.41, 5.74) is 6.45. The normalized spacial score (nSPS) is 11.3. The molecule has 0 atom stereocenters. The number of carbonyl (C=O) groups is 1. The van der Waals surface area contributed by atoms with E-state index < -0.39 is 5.97 Å². The summed E-state index contributed by atoms with van der Waals surface area (Å²) in [6.07, 6.45) is 1.57. The van der Waals surface area contributed by atoms with Crippen molar-refractivity contribution in [3.8, 4) is 0 Å². The van der Waals surface area contributed by atoms with Crippen LogP contribution in [0.1, 0.15) is 5.56 Å². The zero-order valence-electron chi connectivity index (χ0n) is 8.37. The number of nitrogens with two attached hydrogens (primary N) is 1. The summed E-state index contributed by atoms with van der Waals surface area (Å²) in [5, 5.41) is 0. The van der Waals surface area contributed by atoms with E-state index in [1.54, 1.807) is 18.2 Å². The summed E-state index contributed by atoms with van der Waals surface area (Å²) in [7, 11) is 1.29. The van der Waals surface area contributed by atoms with Crippen LogP contribution in [0.2, 0.25) is 0 Å². The Labute approximate surface area is 87.3 Å². The zero-order valence-corrected chi connectivity index (χ0v) is 8.37. The smallest absolute Gasteiger partial charge is 0.335 e. The van der Waals surface area contributed by atoms with Crippen molar-refractivity contribution in [2.75, 3.05) is 13.7 Å². The lowest BCUT2D eigenvalue weighted by Gasteiger charge is -2.02. The van der Waals surface area contributed by atoms with Crippen LogP contribution in [-0.4, -0.2) is 19.6 Å². The summed E-state index contributed by atoms with van der Waals surface area (Å²) in [6, 6.07) is 5.76. The molecule has 0 spiro atoms. The maximum absolute atomic E-state index is 12.6. The van der Waals surface area contributed by atoms with Gasteiger partial charge in [-0.2, -0.15) is 0 Å². The highest BCUT2D eigenvalue weighted by Gasteiger charge is 2.06. The van der Waals surface area contributed by atoms with E-state index in [9.17, 15) is 9.18 Å². The van der Waals surface area contributed by atoms with Crippen molar-refractivity contribution >= 4 is 12.0 Å². The SMILES string of the molecule is COC(=O)/C(=C\c1ccc(F)cc1)CN. The third-order valence-corrected chi connectivity index (χ3v) is 1.88. The standard InChI is InChI=1S/C11H12FNO2/c1-15-11(14)9(7-13)6-8-2-4-10(12)5-3-8/h2-6H,7,13H2,1H3/b9-6-. The topological polar surface area (TPSA) is 52.3 Å². The number of benzene rings is 1. The minimum Gasteiger partial charge on any atom is -0.466 e. The molecule has 15 heavy (non-hydrogen) atoms. The number of halogens is 1. The predicted molar refractivity (Wildman–Crippen MR) is 55.4 cm³/mol. The first-order valence-corrected chi connectivity index (χ1v) is 4.42. The fourth-order valence-corrected chi connectivity index (χ4v) is 1.09. The Morgan fingerprint density at radius 2 is 2.07 bits per heavy atom. The highest BCUT2D eigenvalue weighted by Crippen LogP contribution is 2.08. The second-order valence-electron chi connectivity index (χ2n) is 2.92. The molecule has 1 aromatic carbocycles. The van der Waals surface area contributed by atoms with Gasteiger partial charge in [0.05, 0.1) is 12.7 Å². The fourth-order valence-electron chi connectivity index (χ4n) is 1.09. The second kappa shape index (κ2) is 5.26. The molecule has 1 rings (SSSR count). The van der Waals surface area contributed by atoms with Gasteiger partial charge in [0, 0.05) is 6.54 Å². The van der Waals surface area contributed by atoms with E-state index in [0.29, 0.717) is 11.1 Å². The Balaban J connectivity index is 2.93. The lowest BCUT2D eigenvalue weighted by molar-refractivity contribution is -0.136. The van der Waals surface area contributed by atoms with E-state index in [2.05, 4.69) is 4.74 Å². The Kier molecular flexibility index (Phi) is 4.00. The molecule has 0 aromatic heterocycles. The first-order valence-electron chi connectivity index (χ1n) is 4.42. The van der Waals surface area contributed by atoms with E-state index in [1.165, 1.54) is 19.2 Å². The average molecular weight is 209 g/mol. The number of methoxy groups -OCH3 is 1. The van der Waals surface area contributed by atoms with Crippen LogP contribution in [-0.2, 0) is 9.53 Å². The molecule has 0 aliphatic carbocycles. The van der Waals surface area contributed by atoms with E-state index in [4.69, 9.17) is 5.73 Å². The molecular formula is C11H12FNO2. The number of ether oxygens (including phenoxy) is 1. The minimum absolute atomic E-state index is 0.0874. The van der Waals surface area contributed by atoms with Gasteiger partial charge in [-0.1, -0.05) is 12.1 Å². The second-order valence-corrected chi connectivity index (χ2v) is 2.92. The van der Waals surface area contributed by atoms with Crippen molar-refractivity contribution in [3.05, 3.63) is 41.2 Å². The van der Waals surface area contributed by atoms with Crippen LogP contribution in [0.25, 0.3) is 6.08 Å². The van der Waals surface area contributed by atoms with Crippen molar-refractivity contribution in [2.45, 2.75) is 0 Å². The molecule has 0 unspecified atom stereocenters. The third kappa shape index (κ3) is 3.18. The molecule has 0 radical (unpaired) electrons. The molecule has 0 fully saturated rings. The van der Waals surface area contributed by atoms with Gasteiger partial charge in [0.25, 0.3) is 0 Å². The van der Waals surface area contributed by atoms with Crippen molar-refractivity contribution < 1.29 is 13.9 Å². The van der Waals surface area contributed by atoms with Crippen molar-refractivity contribution in [1.29, 1.82) is 0 Å². The van der Waals surface area contributed by atoms with Gasteiger partial charge in [-0.25, -0.2) is 9.18 Å². The molecule has 2 N–H and O–H groups in total.